The van der Waals surface area contributed by atoms with Crippen LogP contribution in [0.15, 0.2) is 60.7 Å². The largest absolute Gasteiger partial charge is 0.489 e. The summed E-state index contributed by atoms with van der Waals surface area (Å²) in [6, 6.07) is 17.0. The van der Waals surface area contributed by atoms with Crippen LogP contribution in [-0.2, 0) is 34.0 Å². The molecule has 0 bridgehead atoms. The van der Waals surface area contributed by atoms with Crippen molar-refractivity contribution in [3.63, 3.8) is 0 Å². The first kappa shape index (κ1) is 33.6. The summed E-state index contributed by atoms with van der Waals surface area (Å²) in [7, 11) is 0. The number of halogens is 1. The molecule has 2 aliphatic heterocycles. The Hall–Kier alpha value is -4.77. The summed E-state index contributed by atoms with van der Waals surface area (Å²) in [5.41, 5.74) is 9.09. The van der Waals surface area contributed by atoms with Gasteiger partial charge in [0, 0.05) is 55.8 Å². The molecule has 5 rings (SSSR count). The summed E-state index contributed by atoms with van der Waals surface area (Å²) in [5, 5.41) is 0. The molecule has 11 heteroatoms. The number of primary amides is 1. The molecule has 2 heterocycles. The minimum absolute atomic E-state index is 0.0433. The highest BCUT2D eigenvalue weighted by Gasteiger charge is 2.37. The van der Waals surface area contributed by atoms with Gasteiger partial charge >= 0.3 is 5.97 Å². The molecule has 1 fully saturated rings. The average Bonchev–Trinajstić information content (AvgIpc) is 3.36. The molecule has 47 heavy (non-hydrogen) atoms. The Labute approximate surface area is 274 Å². The van der Waals surface area contributed by atoms with E-state index in [1.54, 1.807) is 51.1 Å². The molecule has 3 aromatic carbocycles. The zero-order valence-corrected chi connectivity index (χ0v) is 27.0. The predicted molar refractivity (Wildman–Crippen MR) is 174 cm³/mol. The van der Waals surface area contributed by atoms with E-state index in [1.807, 2.05) is 17.0 Å². The quantitative estimate of drug-likeness (QED) is 0.227. The maximum Gasteiger partial charge on any atom is 0.306 e. The monoisotopic (exact) mass is 644 g/mol. The minimum Gasteiger partial charge on any atom is -0.489 e. The Kier molecular flexibility index (Phi) is 10.2. The first-order valence-corrected chi connectivity index (χ1v) is 15.8. The molecule has 10 nitrogen and oxygen atoms in total. The Morgan fingerprint density at radius 2 is 1.70 bits per heavy atom. The maximum atomic E-state index is 14.5. The highest BCUT2D eigenvalue weighted by Crippen LogP contribution is 2.33. The standard InChI is InChI=1S/C36H41FN4O6/c1-36(2,3)47-33(43)14-13-31(34(38)44)41-21-28-27(35(41)45)5-4-6-32(28)46-23-25-9-7-24(8-10-25)20-39-15-17-40(18-16-39)30-12-11-26(22-42)19-29(30)37/h4-12,19,22,31H,13-18,20-21,23H2,1-3H3,(H2,38,44)/t31-/m0/s1. The zero-order valence-electron chi connectivity index (χ0n) is 27.0. The number of amides is 2. The molecule has 2 N–H and O–H groups in total. The molecule has 0 spiro atoms. The summed E-state index contributed by atoms with van der Waals surface area (Å²) in [4.78, 5) is 54.5. The highest BCUT2D eigenvalue weighted by molar-refractivity contribution is 6.01. The van der Waals surface area contributed by atoms with Crippen molar-refractivity contribution >= 4 is 29.8 Å². The first-order chi connectivity index (χ1) is 22.4. The number of anilines is 1. The maximum absolute atomic E-state index is 14.5. The van der Waals surface area contributed by atoms with Crippen molar-refractivity contribution in [2.24, 2.45) is 5.73 Å². The Morgan fingerprint density at radius 1 is 1.00 bits per heavy atom. The van der Waals surface area contributed by atoms with Gasteiger partial charge in [-0.05, 0) is 68.7 Å². The second kappa shape index (κ2) is 14.3. The van der Waals surface area contributed by atoms with Crippen LogP contribution in [-0.4, -0.2) is 71.7 Å². The molecule has 248 valence electrons. The van der Waals surface area contributed by atoms with Crippen molar-refractivity contribution < 1.29 is 33.0 Å². The molecule has 0 saturated carbocycles. The van der Waals surface area contributed by atoms with Gasteiger partial charge in [-0.2, -0.15) is 0 Å². The second-order valence-electron chi connectivity index (χ2n) is 13.0. The lowest BCUT2D eigenvalue weighted by Gasteiger charge is -2.36. The van der Waals surface area contributed by atoms with E-state index in [0.29, 0.717) is 47.5 Å². The Morgan fingerprint density at radius 3 is 2.34 bits per heavy atom. The van der Waals surface area contributed by atoms with Gasteiger partial charge < -0.3 is 25.0 Å². The number of esters is 1. The number of ether oxygens (including phenoxy) is 2. The lowest BCUT2D eigenvalue weighted by molar-refractivity contribution is -0.155. The Bertz CT molecular complexity index is 1630. The average molecular weight is 645 g/mol. The number of hydrogen-bond acceptors (Lipinski definition) is 8. The lowest BCUT2D eigenvalue weighted by atomic mass is 10.1. The second-order valence-corrected chi connectivity index (χ2v) is 13.0. The molecule has 0 aromatic heterocycles. The van der Waals surface area contributed by atoms with E-state index in [2.05, 4.69) is 17.0 Å². The molecular weight excluding hydrogens is 603 g/mol. The van der Waals surface area contributed by atoms with Gasteiger partial charge in [-0.15, -0.1) is 0 Å². The summed E-state index contributed by atoms with van der Waals surface area (Å²) >= 11 is 0. The molecule has 2 amide bonds. The molecule has 0 aliphatic carbocycles. The van der Waals surface area contributed by atoms with E-state index in [0.717, 1.165) is 30.8 Å². The van der Waals surface area contributed by atoms with Crippen molar-refractivity contribution in [2.75, 3.05) is 31.1 Å². The highest BCUT2D eigenvalue weighted by atomic mass is 19.1. The van der Waals surface area contributed by atoms with Crippen LogP contribution in [0.25, 0.3) is 0 Å². The molecule has 1 atom stereocenters. The van der Waals surface area contributed by atoms with Gasteiger partial charge in [0.05, 0.1) is 12.2 Å². The van der Waals surface area contributed by atoms with E-state index in [1.165, 1.54) is 11.0 Å². The van der Waals surface area contributed by atoms with Gasteiger partial charge in [0.15, 0.2) is 0 Å². The smallest absolute Gasteiger partial charge is 0.306 e. The fourth-order valence-corrected chi connectivity index (χ4v) is 5.97. The third-order valence-electron chi connectivity index (χ3n) is 8.34. The van der Waals surface area contributed by atoms with Crippen LogP contribution in [0.4, 0.5) is 10.1 Å². The molecule has 0 radical (unpaired) electrons. The SMILES string of the molecule is CC(C)(C)OC(=O)CC[C@@H](C(N)=O)N1Cc2c(OCc3ccc(CN4CCN(c5ccc(C=O)cc5F)CC4)cc3)cccc2C1=O. The Balaban J connectivity index is 1.14. The number of rotatable bonds is 12. The van der Waals surface area contributed by atoms with Crippen LogP contribution in [0.2, 0.25) is 0 Å². The fraction of sp³-hybridized carbons (Fsp3) is 0.389. The number of fused-ring (bicyclic) bond motifs is 1. The summed E-state index contributed by atoms with van der Waals surface area (Å²) < 4.78 is 26.0. The predicted octanol–water partition coefficient (Wildman–Crippen LogP) is 4.47. The fourth-order valence-electron chi connectivity index (χ4n) is 5.97. The zero-order chi connectivity index (χ0) is 33.7. The third-order valence-corrected chi connectivity index (χ3v) is 8.34. The lowest BCUT2D eigenvalue weighted by Crippen LogP contribution is -2.46. The van der Waals surface area contributed by atoms with Crippen LogP contribution in [0.1, 0.15) is 71.0 Å². The van der Waals surface area contributed by atoms with E-state index < -0.39 is 23.5 Å². The van der Waals surface area contributed by atoms with Gasteiger partial charge in [0.2, 0.25) is 5.91 Å². The van der Waals surface area contributed by atoms with Crippen LogP contribution in [0.5, 0.6) is 5.75 Å². The number of nitrogens with zero attached hydrogens (tertiary/aromatic N) is 3. The van der Waals surface area contributed by atoms with Gasteiger partial charge in [-0.25, -0.2) is 4.39 Å². The van der Waals surface area contributed by atoms with E-state index in [-0.39, 0.29) is 37.7 Å². The van der Waals surface area contributed by atoms with E-state index >= 15 is 0 Å². The summed E-state index contributed by atoms with van der Waals surface area (Å²) in [5.74, 6) is -1.30. The van der Waals surface area contributed by atoms with Crippen molar-refractivity contribution in [1.29, 1.82) is 0 Å². The number of aldehydes is 1. The number of piperazine rings is 1. The van der Waals surface area contributed by atoms with Crippen molar-refractivity contribution in [3.8, 4) is 5.75 Å². The molecule has 0 unspecified atom stereocenters. The topological polar surface area (TPSA) is 122 Å². The number of benzene rings is 3. The van der Waals surface area contributed by atoms with Crippen molar-refractivity contribution in [3.05, 3.63) is 94.3 Å². The number of hydrogen-bond donors (Lipinski definition) is 1. The molecule has 2 aliphatic rings. The van der Waals surface area contributed by atoms with Gasteiger partial charge in [0.1, 0.15) is 36.1 Å². The van der Waals surface area contributed by atoms with Gasteiger partial charge in [0.25, 0.3) is 5.91 Å². The van der Waals surface area contributed by atoms with Crippen LogP contribution < -0.4 is 15.4 Å². The minimum atomic E-state index is -0.957. The van der Waals surface area contributed by atoms with Crippen LogP contribution in [0.3, 0.4) is 0 Å². The molecular formula is C36H41FN4O6. The molecule has 3 aromatic rings. The normalized spacial score (nSPS) is 15.7. The summed E-state index contributed by atoms with van der Waals surface area (Å²) in [6.07, 6.45) is 0.669. The number of nitrogens with two attached hydrogens (primary N) is 1. The van der Waals surface area contributed by atoms with Crippen molar-refractivity contribution in [2.45, 2.75) is 65.0 Å². The number of carbonyl (C=O) groups excluding carboxylic acids is 4. The third kappa shape index (κ3) is 8.34. The number of carbonyl (C=O) groups is 4. The van der Waals surface area contributed by atoms with Crippen LogP contribution in [0, 0.1) is 5.82 Å². The summed E-state index contributed by atoms with van der Waals surface area (Å²) in [6.45, 7) is 9.44. The van der Waals surface area contributed by atoms with Gasteiger partial charge in [-0.3, -0.25) is 24.1 Å². The van der Waals surface area contributed by atoms with Gasteiger partial charge in [-0.1, -0.05) is 30.3 Å². The molecule has 1 saturated heterocycles. The van der Waals surface area contributed by atoms with Crippen molar-refractivity contribution in [1.82, 2.24) is 9.80 Å². The first-order valence-electron chi connectivity index (χ1n) is 15.8. The van der Waals surface area contributed by atoms with E-state index in [9.17, 15) is 23.6 Å². The van der Waals surface area contributed by atoms with Crippen LogP contribution >= 0.6 is 0 Å². The van der Waals surface area contributed by atoms with E-state index in [4.69, 9.17) is 15.2 Å².